The highest BCUT2D eigenvalue weighted by Gasteiger charge is 2.20. The SMILES string of the molecule is COC(Cc1c(O)cccc1Br)C(=O)O. The van der Waals surface area contributed by atoms with Crippen molar-refractivity contribution in [1.29, 1.82) is 0 Å². The number of rotatable bonds is 4. The lowest BCUT2D eigenvalue weighted by atomic mass is 10.1. The molecule has 1 atom stereocenters. The Labute approximate surface area is 95.6 Å². The Bertz CT molecular complexity index is 344. The molecule has 0 saturated heterocycles. The van der Waals surface area contributed by atoms with Gasteiger partial charge >= 0.3 is 5.97 Å². The Morgan fingerprint density at radius 1 is 1.60 bits per heavy atom. The summed E-state index contributed by atoms with van der Waals surface area (Å²) in [6.45, 7) is 0. The second-order valence-electron chi connectivity index (χ2n) is 3.00. The molecule has 1 unspecified atom stereocenters. The molecule has 4 nitrogen and oxygen atoms in total. The first-order chi connectivity index (χ1) is 7.06. The third-order valence-corrected chi connectivity index (χ3v) is 2.79. The largest absolute Gasteiger partial charge is 0.508 e. The van der Waals surface area contributed by atoms with Crippen molar-refractivity contribution in [2.75, 3.05) is 7.11 Å². The molecule has 0 saturated carbocycles. The minimum absolute atomic E-state index is 0.0627. The Morgan fingerprint density at radius 2 is 2.27 bits per heavy atom. The minimum atomic E-state index is -1.05. The van der Waals surface area contributed by atoms with E-state index in [0.717, 1.165) is 0 Å². The van der Waals surface area contributed by atoms with Gasteiger partial charge in [0.05, 0.1) is 0 Å². The molecule has 0 aliphatic heterocycles. The Hall–Kier alpha value is -1.07. The van der Waals surface area contributed by atoms with E-state index in [1.54, 1.807) is 12.1 Å². The number of benzene rings is 1. The van der Waals surface area contributed by atoms with Crippen molar-refractivity contribution in [3.63, 3.8) is 0 Å². The number of ether oxygens (including phenoxy) is 1. The average molecular weight is 275 g/mol. The van der Waals surface area contributed by atoms with Crippen molar-refractivity contribution in [1.82, 2.24) is 0 Å². The zero-order valence-corrected chi connectivity index (χ0v) is 9.69. The Balaban J connectivity index is 2.92. The average Bonchev–Trinajstić information content (AvgIpc) is 2.17. The molecule has 15 heavy (non-hydrogen) atoms. The molecule has 0 radical (unpaired) electrons. The van der Waals surface area contributed by atoms with Gasteiger partial charge in [-0.2, -0.15) is 0 Å². The fourth-order valence-electron chi connectivity index (χ4n) is 1.21. The number of phenolic OH excluding ortho intramolecular Hbond substituents is 1. The molecule has 0 aliphatic rings. The summed E-state index contributed by atoms with van der Waals surface area (Å²) in [6, 6.07) is 4.92. The molecule has 0 amide bonds. The third-order valence-electron chi connectivity index (χ3n) is 2.04. The van der Waals surface area contributed by atoms with Crippen LogP contribution in [-0.2, 0) is 16.0 Å². The molecule has 0 fully saturated rings. The molecule has 1 rings (SSSR count). The summed E-state index contributed by atoms with van der Waals surface area (Å²) in [4.78, 5) is 10.7. The highest BCUT2D eigenvalue weighted by Crippen LogP contribution is 2.27. The Kier molecular flexibility index (Phi) is 4.11. The quantitative estimate of drug-likeness (QED) is 0.879. The van der Waals surface area contributed by atoms with E-state index in [9.17, 15) is 9.90 Å². The zero-order chi connectivity index (χ0) is 11.4. The van der Waals surface area contributed by atoms with Crippen molar-refractivity contribution in [2.24, 2.45) is 0 Å². The van der Waals surface area contributed by atoms with Crippen LogP contribution in [0.4, 0.5) is 0 Å². The van der Waals surface area contributed by atoms with Crippen molar-refractivity contribution in [3.8, 4) is 5.75 Å². The van der Waals surface area contributed by atoms with Gasteiger partial charge in [0.1, 0.15) is 5.75 Å². The van der Waals surface area contributed by atoms with E-state index >= 15 is 0 Å². The Morgan fingerprint density at radius 3 is 2.73 bits per heavy atom. The van der Waals surface area contributed by atoms with E-state index in [4.69, 9.17) is 9.84 Å². The number of halogens is 1. The lowest BCUT2D eigenvalue weighted by Crippen LogP contribution is -2.25. The van der Waals surface area contributed by atoms with Crippen LogP contribution in [0.5, 0.6) is 5.75 Å². The van der Waals surface area contributed by atoms with Crippen molar-refractivity contribution < 1.29 is 19.7 Å². The molecule has 0 aromatic heterocycles. The van der Waals surface area contributed by atoms with E-state index in [1.165, 1.54) is 13.2 Å². The van der Waals surface area contributed by atoms with Gasteiger partial charge in [0.25, 0.3) is 0 Å². The number of aromatic hydroxyl groups is 1. The van der Waals surface area contributed by atoms with Crippen LogP contribution in [0.15, 0.2) is 22.7 Å². The van der Waals surface area contributed by atoms with Crippen LogP contribution < -0.4 is 0 Å². The second-order valence-corrected chi connectivity index (χ2v) is 3.86. The lowest BCUT2D eigenvalue weighted by molar-refractivity contribution is -0.148. The van der Waals surface area contributed by atoms with Crippen LogP contribution in [0, 0.1) is 0 Å². The number of carbonyl (C=O) groups is 1. The van der Waals surface area contributed by atoms with Crippen LogP contribution in [0.1, 0.15) is 5.56 Å². The smallest absolute Gasteiger partial charge is 0.333 e. The van der Waals surface area contributed by atoms with Gasteiger partial charge in [-0.15, -0.1) is 0 Å². The molecule has 0 spiro atoms. The lowest BCUT2D eigenvalue weighted by Gasteiger charge is -2.12. The van der Waals surface area contributed by atoms with E-state index in [0.29, 0.717) is 10.0 Å². The minimum Gasteiger partial charge on any atom is -0.508 e. The molecule has 1 aromatic carbocycles. The van der Waals surface area contributed by atoms with E-state index in [-0.39, 0.29) is 12.2 Å². The van der Waals surface area contributed by atoms with Gasteiger partial charge < -0.3 is 14.9 Å². The summed E-state index contributed by atoms with van der Waals surface area (Å²) in [5, 5.41) is 18.3. The number of hydrogen-bond donors (Lipinski definition) is 2. The molecule has 0 heterocycles. The first kappa shape index (κ1) is 12.0. The van der Waals surface area contributed by atoms with Crippen molar-refractivity contribution in [2.45, 2.75) is 12.5 Å². The molecule has 0 bridgehead atoms. The molecule has 2 N–H and O–H groups in total. The summed E-state index contributed by atoms with van der Waals surface area (Å²) in [5.74, 6) is -0.986. The third kappa shape index (κ3) is 2.94. The molecule has 0 aliphatic carbocycles. The van der Waals surface area contributed by atoms with Crippen molar-refractivity contribution >= 4 is 21.9 Å². The maximum atomic E-state index is 10.7. The highest BCUT2D eigenvalue weighted by molar-refractivity contribution is 9.10. The summed E-state index contributed by atoms with van der Waals surface area (Å²) in [5.41, 5.74) is 0.534. The van der Waals surface area contributed by atoms with Gasteiger partial charge in [-0.3, -0.25) is 0 Å². The summed E-state index contributed by atoms with van der Waals surface area (Å²) >= 11 is 3.25. The number of carboxylic acid groups (broad SMARTS) is 1. The fourth-order valence-corrected chi connectivity index (χ4v) is 1.72. The van der Waals surface area contributed by atoms with Gasteiger partial charge in [0.2, 0.25) is 0 Å². The molecule has 82 valence electrons. The van der Waals surface area contributed by atoms with Crippen LogP contribution >= 0.6 is 15.9 Å². The fraction of sp³-hybridized carbons (Fsp3) is 0.300. The molecule has 1 aromatic rings. The van der Waals surface area contributed by atoms with Crippen LogP contribution in [0.25, 0.3) is 0 Å². The summed E-state index contributed by atoms with van der Waals surface area (Å²) in [6.07, 6.45) is -0.825. The topological polar surface area (TPSA) is 66.8 Å². The van der Waals surface area contributed by atoms with Gasteiger partial charge in [0, 0.05) is 23.6 Å². The normalized spacial score (nSPS) is 12.4. The van der Waals surface area contributed by atoms with Gasteiger partial charge in [0.15, 0.2) is 6.10 Å². The first-order valence-corrected chi connectivity index (χ1v) is 5.07. The number of carboxylic acids is 1. The monoisotopic (exact) mass is 274 g/mol. The number of aliphatic carboxylic acids is 1. The molecular formula is C10H11BrO4. The van der Waals surface area contributed by atoms with Crippen molar-refractivity contribution in [3.05, 3.63) is 28.2 Å². The molecular weight excluding hydrogens is 264 g/mol. The molecule has 5 heteroatoms. The van der Waals surface area contributed by atoms with Crippen LogP contribution in [-0.4, -0.2) is 29.4 Å². The van der Waals surface area contributed by atoms with E-state index in [2.05, 4.69) is 15.9 Å². The maximum absolute atomic E-state index is 10.7. The van der Waals surface area contributed by atoms with Crippen LogP contribution in [0.2, 0.25) is 0 Å². The summed E-state index contributed by atoms with van der Waals surface area (Å²) < 4.78 is 5.47. The first-order valence-electron chi connectivity index (χ1n) is 4.28. The van der Waals surface area contributed by atoms with Gasteiger partial charge in [-0.25, -0.2) is 4.79 Å². The van der Waals surface area contributed by atoms with E-state index < -0.39 is 12.1 Å². The standard InChI is InChI=1S/C10H11BrO4/c1-15-9(10(13)14)5-6-7(11)3-2-4-8(6)12/h2-4,9,12H,5H2,1H3,(H,13,14). The van der Waals surface area contributed by atoms with Crippen LogP contribution in [0.3, 0.4) is 0 Å². The predicted octanol–water partition coefficient (Wildman–Crippen LogP) is 1.80. The maximum Gasteiger partial charge on any atom is 0.333 e. The highest BCUT2D eigenvalue weighted by atomic mass is 79.9. The number of phenols is 1. The second kappa shape index (κ2) is 5.14. The summed E-state index contributed by atoms with van der Waals surface area (Å²) in [7, 11) is 1.33. The number of hydrogen-bond acceptors (Lipinski definition) is 3. The number of methoxy groups -OCH3 is 1. The zero-order valence-electron chi connectivity index (χ0n) is 8.11. The predicted molar refractivity (Wildman–Crippen MR) is 57.9 cm³/mol. The van der Waals surface area contributed by atoms with Gasteiger partial charge in [-0.05, 0) is 12.1 Å². The van der Waals surface area contributed by atoms with E-state index in [1.807, 2.05) is 0 Å². The van der Waals surface area contributed by atoms with Gasteiger partial charge in [-0.1, -0.05) is 22.0 Å².